The Morgan fingerprint density at radius 1 is 0.659 bits per heavy atom. The van der Waals surface area contributed by atoms with Gasteiger partial charge in [-0.05, 0) is 118 Å². The van der Waals surface area contributed by atoms with Crippen LogP contribution in [-0.2, 0) is 0 Å². The number of hydrogen-bond donors (Lipinski definition) is 0. The predicted molar refractivity (Wildman–Crippen MR) is 200 cm³/mol. The van der Waals surface area contributed by atoms with E-state index < -0.39 is 0 Å². The summed E-state index contributed by atoms with van der Waals surface area (Å²) in [5.74, 6) is 8.80. The summed E-state index contributed by atoms with van der Waals surface area (Å²) < 4.78 is 0. The lowest BCUT2D eigenvalue weighted by molar-refractivity contribution is 0.0295. The van der Waals surface area contributed by atoms with E-state index in [-0.39, 0.29) is 0 Å². The molecule has 7 unspecified atom stereocenters. The Morgan fingerprint density at radius 2 is 1.23 bits per heavy atom. The van der Waals surface area contributed by atoms with Gasteiger partial charge in [-0.3, -0.25) is 0 Å². The van der Waals surface area contributed by atoms with Gasteiger partial charge in [-0.25, -0.2) is 0 Å². The van der Waals surface area contributed by atoms with E-state index in [1.165, 1.54) is 127 Å². The lowest BCUT2D eigenvalue weighted by Gasteiger charge is -2.47. The van der Waals surface area contributed by atoms with Gasteiger partial charge >= 0.3 is 0 Å². The van der Waals surface area contributed by atoms with Crippen LogP contribution in [0, 0.1) is 59.2 Å². The van der Waals surface area contributed by atoms with Crippen molar-refractivity contribution < 1.29 is 0 Å². The van der Waals surface area contributed by atoms with Crippen LogP contribution >= 0.6 is 0 Å². The highest BCUT2D eigenvalue weighted by Crippen LogP contribution is 2.50. The molecule has 0 heterocycles. The molecule has 0 N–H and O–H groups in total. The smallest absolute Gasteiger partial charge is 0.0142 e. The highest BCUT2D eigenvalue weighted by molar-refractivity contribution is 5.12. The summed E-state index contributed by atoms with van der Waals surface area (Å²) in [6.07, 6.45) is 29.2. The molecule has 2 fully saturated rings. The topological polar surface area (TPSA) is 0 Å². The van der Waals surface area contributed by atoms with E-state index in [0.717, 1.165) is 65.6 Å². The van der Waals surface area contributed by atoms with Crippen molar-refractivity contribution in [2.75, 3.05) is 0 Å². The Hall–Kier alpha value is -0.780. The van der Waals surface area contributed by atoms with Gasteiger partial charge in [0.05, 0.1) is 0 Å². The first-order chi connectivity index (χ1) is 20.9. The zero-order chi connectivity index (χ0) is 32.6. The summed E-state index contributed by atoms with van der Waals surface area (Å²) >= 11 is 0. The number of unbranched alkanes of at least 4 members (excludes halogenated alkanes) is 8. The van der Waals surface area contributed by atoms with E-state index in [1.54, 1.807) is 5.57 Å². The number of hydrogen-bond acceptors (Lipinski definition) is 0. The molecule has 0 aromatic heterocycles. The predicted octanol–water partition coefficient (Wildman–Crippen LogP) is 14.8. The normalized spacial score (nSPS) is 31.6. The second-order valence-corrected chi connectivity index (χ2v) is 17.3. The average Bonchev–Trinajstić information content (AvgIpc) is 2.95. The summed E-state index contributed by atoms with van der Waals surface area (Å²) in [7, 11) is 0. The summed E-state index contributed by atoms with van der Waals surface area (Å²) in [4.78, 5) is 0. The molecule has 0 radical (unpaired) electrons. The van der Waals surface area contributed by atoms with Crippen LogP contribution in [0.2, 0.25) is 0 Å². The highest BCUT2D eigenvalue weighted by atomic mass is 14.5. The van der Waals surface area contributed by atoms with Gasteiger partial charge < -0.3 is 0 Å². The third-order valence-electron chi connectivity index (χ3n) is 12.8. The van der Waals surface area contributed by atoms with Crippen molar-refractivity contribution in [1.29, 1.82) is 0 Å². The van der Waals surface area contributed by atoms with Gasteiger partial charge in [0.15, 0.2) is 0 Å². The Kier molecular flexibility index (Phi) is 19.0. The molecule has 256 valence electrons. The SMILES string of the molecule is C=C(C)C/C=C1\CC(C)[C@@H](C)C(C[C@@H]2C(C)CC(CCC(C)CCCCCCCCCCCC(C)CC(=C)C)[C@H](C)C2C)C1. The van der Waals surface area contributed by atoms with Gasteiger partial charge in [-0.15, -0.1) is 6.58 Å². The fraction of sp³-hybridized carbons (Fsp3) is 0.864. The molecule has 0 amide bonds. The molecule has 0 aromatic rings. The van der Waals surface area contributed by atoms with E-state index >= 15 is 0 Å². The fourth-order valence-electron chi connectivity index (χ4n) is 9.40. The molecule has 2 rings (SSSR count). The zero-order valence-electron chi connectivity index (χ0n) is 31.7. The molecule has 2 saturated carbocycles. The molecule has 0 nitrogen and oxygen atoms in total. The average molecular weight is 609 g/mol. The minimum atomic E-state index is 0.826. The lowest BCUT2D eigenvalue weighted by atomic mass is 9.58. The van der Waals surface area contributed by atoms with Gasteiger partial charge in [0.1, 0.15) is 0 Å². The second-order valence-electron chi connectivity index (χ2n) is 17.3. The summed E-state index contributed by atoms with van der Waals surface area (Å²) in [6, 6.07) is 0. The maximum Gasteiger partial charge on any atom is -0.0142 e. The van der Waals surface area contributed by atoms with Crippen LogP contribution in [0.4, 0.5) is 0 Å². The molecule has 0 aromatic carbocycles. The van der Waals surface area contributed by atoms with Gasteiger partial charge in [0, 0.05) is 0 Å². The Labute approximate surface area is 278 Å². The zero-order valence-corrected chi connectivity index (χ0v) is 31.7. The lowest BCUT2D eigenvalue weighted by Crippen LogP contribution is -2.39. The van der Waals surface area contributed by atoms with Crippen molar-refractivity contribution in [3.63, 3.8) is 0 Å². The fourth-order valence-corrected chi connectivity index (χ4v) is 9.40. The molecular formula is C44H80. The van der Waals surface area contributed by atoms with Gasteiger partial charge in [-0.1, -0.05) is 155 Å². The first-order valence-corrected chi connectivity index (χ1v) is 19.9. The molecule has 2 aliphatic rings. The molecule has 2 aliphatic carbocycles. The van der Waals surface area contributed by atoms with Crippen molar-refractivity contribution in [1.82, 2.24) is 0 Å². The van der Waals surface area contributed by atoms with Crippen molar-refractivity contribution in [3.8, 4) is 0 Å². The molecule has 0 saturated heterocycles. The maximum absolute atomic E-state index is 4.15. The van der Waals surface area contributed by atoms with Crippen molar-refractivity contribution in [2.45, 2.75) is 184 Å². The van der Waals surface area contributed by atoms with E-state index in [9.17, 15) is 0 Å². The number of allylic oxidation sites excluding steroid dienone is 4. The second kappa shape index (κ2) is 21.2. The summed E-state index contributed by atoms with van der Waals surface area (Å²) in [6.45, 7) is 30.4. The first-order valence-electron chi connectivity index (χ1n) is 19.9. The van der Waals surface area contributed by atoms with Crippen molar-refractivity contribution in [3.05, 3.63) is 36.0 Å². The van der Waals surface area contributed by atoms with Gasteiger partial charge in [0.25, 0.3) is 0 Å². The quantitative estimate of drug-likeness (QED) is 0.0898. The third kappa shape index (κ3) is 14.8. The summed E-state index contributed by atoms with van der Waals surface area (Å²) in [5, 5.41) is 0. The molecule has 0 heteroatoms. The van der Waals surface area contributed by atoms with Crippen molar-refractivity contribution in [2.24, 2.45) is 59.2 Å². The third-order valence-corrected chi connectivity index (χ3v) is 12.8. The minimum Gasteiger partial charge on any atom is -0.100 e. The standard InChI is InChI=1S/C44H80/c1-32(2)23-25-41-28-36(7)38(9)43(30-41)31-44-37(8)29-42(39(10)40(44)11)26-24-34(5)21-19-17-15-13-12-14-16-18-20-22-35(6)27-33(3)4/h25,34-40,42-44H,1,3,12-24,26-31H2,2,4-11H3/b41-25+/t34?,35?,36?,37?,38-,39-,40?,42?,43?,44-/m1/s1. The molecule has 0 aliphatic heterocycles. The van der Waals surface area contributed by atoms with Crippen LogP contribution in [0.5, 0.6) is 0 Å². The molecular weight excluding hydrogens is 528 g/mol. The summed E-state index contributed by atoms with van der Waals surface area (Å²) in [5.41, 5.74) is 4.38. The largest absolute Gasteiger partial charge is 0.100 e. The van der Waals surface area contributed by atoms with Crippen LogP contribution < -0.4 is 0 Å². The van der Waals surface area contributed by atoms with Crippen LogP contribution in [0.3, 0.4) is 0 Å². The van der Waals surface area contributed by atoms with Crippen LogP contribution in [-0.4, -0.2) is 0 Å². The highest BCUT2D eigenvalue weighted by Gasteiger charge is 2.41. The molecule has 0 spiro atoms. The van der Waals surface area contributed by atoms with E-state index in [2.05, 4.69) is 81.5 Å². The molecule has 44 heavy (non-hydrogen) atoms. The van der Waals surface area contributed by atoms with Crippen LogP contribution in [0.15, 0.2) is 36.0 Å². The van der Waals surface area contributed by atoms with Gasteiger partial charge in [-0.2, -0.15) is 0 Å². The minimum absolute atomic E-state index is 0.826. The first kappa shape index (κ1) is 39.4. The van der Waals surface area contributed by atoms with Crippen LogP contribution in [0.25, 0.3) is 0 Å². The van der Waals surface area contributed by atoms with E-state index in [0.29, 0.717) is 0 Å². The monoisotopic (exact) mass is 609 g/mol. The Morgan fingerprint density at radius 3 is 1.80 bits per heavy atom. The van der Waals surface area contributed by atoms with Gasteiger partial charge in [0.2, 0.25) is 0 Å². The number of rotatable bonds is 21. The van der Waals surface area contributed by atoms with Crippen LogP contribution in [0.1, 0.15) is 184 Å². The van der Waals surface area contributed by atoms with E-state index in [4.69, 9.17) is 0 Å². The molecule has 10 atom stereocenters. The Bertz CT molecular complexity index is 829. The van der Waals surface area contributed by atoms with Crippen molar-refractivity contribution >= 4 is 0 Å². The Balaban J connectivity index is 1.61. The van der Waals surface area contributed by atoms with E-state index in [1.807, 2.05) is 0 Å². The molecule has 0 bridgehead atoms. The maximum atomic E-state index is 4.15.